The number of hydrogen-bond donors (Lipinski definition) is 2. The predicted molar refractivity (Wildman–Crippen MR) is 273 cm³/mol. The molecule has 0 saturated heterocycles. The second-order valence-electron chi connectivity index (χ2n) is 15.8. The van der Waals surface area contributed by atoms with Gasteiger partial charge < -0.3 is 47.9 Å². The predicted octanol–water partition coefficient (Wildman–Crippen LogP) is 7.86. The average Bonchev–Trinajstić information content (AvgIpc) is 4.14. The van der Waals surface area contributed by atoms with E-state index in [1.807, 2.05) is 0 Å². The highest BCUT2D eigenvalue weighted by Gasteiger charge is 2.33. The van der Waals surface area contributed by atoms with E-state index in [0.717, 1.165) is 0 Å². The molecule has 0 radical (unpaired) electrons. The normalized spacial score (nSPS) is 12.1. The molecular formula is C48H50Br4N4O16. The van der Waals surface area contributed by atoms with Gasteiger partial charge >= 0.3 is 47.8 Å². The van der Waals surface area contributed by atoms with E-state index in [1.165, 1.54) is 56.9 Å². The van der Waals surface area contributed by atoms with Crippen molar-refractivity contribution in [2.24, 2.45) is 0 Å². The number of nitrogens with one attached hydrogen (secondary N) is 2. The maximum Gasteiger partial charge on any atom is 0.310 e. The van der Waals surface area contributed by atoms with Crippen LogP contribution in [0.4, 0.5) is 0 Å². The van der Waals surface area contributed by atoms with Crippen LogP contribution in [-0.2, 0) is 102 Å². The highest BCUT2D eigenvalue weighted by atomic mass is 79.9. The van der Waals surface area contributed by atoms with Crippen LogP contribution in [0, 0.1) is 0 Å². The van der Waals surface area contributed by atoms with Crippen molar-refractivity contribution in [3.8, 4) is 0 Å². The summed E-state index contributed by atoms with van der Waals surface area (Å²) in [5.41, 5.74) is 4.68. The van der Waals surface area contributed by atoms with Crippen molar-refractivity contribution in [1.82, 2.24) is 19.9 Å². The molecule has 24 heteroatoms. The van der Waals surface area contributed by atoms with E-state index in [9.17, 15) is 38.4 Å². The van der Waals surface area contributed by atoms with Crippen LogP contribution in [0.25, 0.3) is 44.4 Å². The van der Waals surface area contributed by atoms with Gasteiger partial charge in [-0.05, 0) is 134 Å². The zero-order valence-electron chi connectivity index (χ0n) is 40.4. The van der Waals surface area contributed by atoms with Crippen LogP contribution in [-0.4, -0.2) is 125 Å². The minimum absolute atomic E-state index is 0.0247. The Bertz CT molecular complexity index is 2780. The number of carbonyl (C=O) groups excluding carboxylic acids is 8. The third-order valence-electron chi connectivity index (χ3n) is 11.9. The molecule has 0 amide bonds. The van der Waals surface area contributed by atoms with Gasteiger partial charge in [0.1, 0.15) is 0 Å². The maximum absolute atomic E-state index is 13.4. The SMILES string of the molecule is COC(=O)CCC1=C(CC(=O)OC)c2nc1c(Br)c1[nH]c(c(Br)c3nc(c(Br)c4[nH]c(c2Br)c(CCC(=O)OC)c4CC(=O)OC)C(CCC(=O)OC)=C3CC(=O)OC)c(CCC(=O)OC)c1CC(=O)OC. The Morgan fingerprint density at radius 3 is 0.847 bits per heavy atom. The molecule has 386 valence electrons. The summed E-state index contributed by atoms with van der Waals surface area (Å²) in [5.74, 6) is -4.98. The van der Waals surface area contributed by atoms with Crippen molar-refractivity contribution in [2.75, 3.05) is 56.9 Å². The summed E-state index contributed by atoms with van der Waals surface area (Å²) < 4.78 is 41.7. The fourth-order valence-electron chi connectivity index (χ4n) is 8.21. The first kappa shape index (κ1) is 57.2. The van der Waals surface area contributed by atoms with E-state index < -0.39 is 47.8 Å². The Hall–Kier alpha value is -5.72. The second kappa shape index (κ2) is 25.8. The van der Waals surface area contributed by atoms with E-state index in [-0.39, 0.29) is 140 Å². The van der Waals surface area contributed by atoms with Crippen LogP contribution in [0.1, 0.15) is 96.4 Å². The van der Waals surface area contributed by atoms with E-state index in [0.29, 0.717) is 44.5 Å². The number of ether oxygens (including phenoxy) is 8. The summed E-state index contributed by atoms with van der Waals surface area (Å²) in [7, 11) is 9.81. The number of allylic oxidation sites excluding steroid dienone is 2. The number of methoxy groups -OCH3 is 8. The minimum atomic E-state index is -0.672. The molecule has 0 fully saturated rings. The molecule has 5 rings (SSSR count). The molecule has 5 heterocycles. The molecule has 0 unspecified atom stereocenters. The number of esters is 8. The summed E-state index contributed by atoms with van der Waals surface area (Å²) in [6.07, 6.45) is -2.29. The summed E-state index contributed by atoms with van der Waals surface area (Å²) in [5, 5.41) is 0. The number of carbonyl (C=O) groups is 8. The van der Waals surface area contributed by atoms with Crippen LogP contribution in [0.5, 0.6) is 0 Å². The number of halogens is 4. The number of fused-ring (bicyclic) bond motifs is 8. The van der Waals surface area contributed by atoms with Crippen molar-refractivity contribution >= 4 is 156 Å². The van der Waals surface area contributed by atoms with Crippen LogP contribution >= 0.6 is 63.7 Å². The smallest absolute Gasteiger partial charge is 0.310 e. The number of rotatable bonds is 20. The standard InChI is InChI=1S/C48H50Br4N4O16/c1-65-29(57)13-9-21-25(17-33(61)69-5)45-38(50)42-23(11-15-31(59)67-3)27(19-35(63)71-7)47(55-42)40(52)44-24(12-16-32(60)68-4)28(20-36(64)72-8)48(56-44)39(51)43-22(10-14-30(58)66-2)26(18-34(62)70-6)46(54-43)37(49)41(21)53-45/h53,56H,9-20H2,1-8H3. The maximum atomic E-state index is 13.4. The van der Waals surface area contributed by atoms with E-state index in [4.69, 9.17) is 47.9 Å². The minimum Gasteiger partial charge on any atom is -0.469 e. The summed E-state index contributed by atoms with van der Waals surface area (Å²) in [6, 6.07) is 0. The van der Waals surface area contributed by atoms with Crippen LogP contribution < -0.4 is 0 Å². The van der Waals surface area contributed by atoms with Crippen molar-refractivity contribution in [3.63, 3.8) is 0 Å². The molecule has 0 spiro atoms. The lowest BCUT2D eigenvalue weighted by atomic mass is 9.96. The Balaban J connectivity index is 2.25. The van der Waals surface area contributed by atoms with E-state index >= 15 is 0 Å². The van der Waals surface area contributed by atoms with Crippen molar-refractivity contribution in [1.29, 1.82) is 0 Å². The van der Waals surface area contributed by atoms with Gasteiger partial charge in [0.2, 0.25) is 0 Å². The molecule has 0 atom stereocenters. The van der Waals surface area contributed by atoms with Crippen LogP contribution in [0.3, 0.4) is 0 Å². The number of nitrogens with zero attached hydrogens (tertiary/aromatic N) is 2. The zero-order chi connectivity index (χ0) is 53.1. The highest BCUT2D eigenvalue weighted by Crippen LogP contribution is 2.48. The van der Waals surface area contributed by atoms with Crippen LogP contribution in [0.2, 0.25) is 0 Å². The summed E-state index contributed by atoms with van der Waals surface area (Å²) in [4.78, 5) is 123. The lowest BCUT2D eigenvalue weighted by molar-refractivity contribution is -0.141. The molecule has 0 saturated carbocycles. The van der Waals surface area contributed by atoms with Gasteiger partial charge in [0.15, 0.2) is 0 Å². The molecule has 2 aliphatic heterocycles. The molecule has 2 aliphatic rings. The molecule has 72 heavy (non-hydrogen) atoms. The Labute approximate surface area is 446 Å². The van der Waals surface area contributed by atoms with Gasteiger partial charge in [-0.15, -0.1) is 0 Å². The molecule has 2 N–H and O–H groups in total. The average molecular weight is 1260 g/mol. The number of H-pyrrole nitrogens is 2. The topological polar surface area (TPSA) is 268 Å². The van der Waals surface area contributed by atoms with Gasteiger partial charge in [0.05, 0.1) is 145 Å². The Kier molecular flexibility index (Phi) is 20.5. The molecule has 0 aromatic carbocycles. The molecule has 0 aliphatic carbocycles. The van der Waals surface area contributed by atoms with Gasteiger partial charge in [-0.3, -0.25) is 38.4 Å². The first-order valence-electron chi connectivity index (χ1n) is 21.8. The third kappa shape index (κ3) is 12.7. The van der Waals surface area contributed by atoms with Crippen molar-refractivity contribution < 1.29 is 76.3 Å². The van der Waals surface area contributed by atoms with E-state index in [1.54, 1.807) is 0 Å². The monoisotopic (exact) mass is 1250 g/mol. The molecule has 3 aromatic rings. The second-order valence-corrected chi connectivity index (χ2v) is 18.9. The summed E-state index contributed by atoms with van der Waals surface area (Å²) in [6.45, 7) is 0. The summed E-state index contributed by atoms with van der Waals surface area (Å²) >= 11 is 15.2. The fraction of sp³-hybridized carbons (Fsp3) is 0.417. The first-order valence-corrected chi connectivity index (χ1v) is 25.0. The van der Waals surface area contributed by atoms with Crippen molar-refractivity contribution in [2.45, 2.75) is 77.0 Å². The first-order chi connectivity index (χ1) is 34.3. The third-order valence-corrected chi connectivity index (χ3v) is 15.0. The number of hydrogen-bond acceptors (Lipinski definition) is 18. The van der Waals surface area contributed by atoms with Gasteiger partial charge in [-0.25, -0.2) is 9.97 Å². The zero-order valence-corrected chi connectivity index (χ0v) is 46.8. The quantitative estimate of drug-likeness (QED) is 0.0805. The van der Waals surface area contributed by atoms with Crippen LogP contribution in [0.15, 0.2) is 17.9 Å². The Morgan fingerprint density at radius 1 is 0.333 bits per heavy atom. The fourth-order valence-corrected chi connectivity index (χ4v) is 10.9. The van der Waals surface area contributed by atoms with Gasteiger partial charge in [-0.1, -0.05) is 0 Å². The number of aromatic nitrogens is 4. The van der Waals surface area contributed by atoms with Gasteiger partial charge in [-0.2, -0.15) is 0 Å². The van der Waals surface area contributed by atoms with Crippen molar-refractivity contribution in [3.05, 3.63) is 62.9 Å². The Morgan fingerprint density at radius 2 is 0.569 bits per heavy atom. The molecular weight excluding hydrogens is 1210 g/mol. The molecule has 8 bridgehead atoms. The highest BCUT2D eigenvalue weighted by molar-refractivity contribution is 9.11. The number of aromatic amines is 2. The van der Waals surface area contributed by atoms with E-state index in [2.05, 4.69) is 73.7 Å². The lowest BCUT2D eigenvalue weighted by Gasteiger charge is -2.10. The largest absolute Gasteiger partial charge is 0.469 e. The van der Waals surface area contributed by atoms with Gasteiger partial charge in [0.25, 0.3) is 0 Å². The number of aryl methyl sites for hydroxylation is 2. The molecule has 3 aromatic heterocycles. The lowest BCUT2D eigenvalue weighted by Crippen LogP contribution is -2.08. The molecule has 20 nitrogen and oxygen atoms in total. The van der Waals surface area contributed by atoms with Gasteiger partial charge in [0, 0.05) is 25.7 Å².